The number of phenolic OH excluding ortho intramolecular Hbond substituents is 1. The SMILES string of the molecule is CC(N)Cc1cc(Cc2ccccc2Cl)cc([N+](=O)[O-])c1O. The van der Waals surface area contributed by atoms with E-state index in [-0.39, 0.29) is 17.5 Å². The van der Waals surface area contributed by atoms with E-state index in [9.17, 15) is 15.2 Å². The van der Waals surface area contributed by atoms with Gasteiger partial charge in [-0.25, -0.2) is 0 Å². The van der Waals surface area contributed by atoms with E-state index >= 15 is 0 Å². The van der Waals surface area contributed by atoms with Crippen molar-refractivity contribution >= 4 is 17.3 Å². The Morgan fingerprint density at radius 2 is 2.00 bits per heavy atom. The monoisotopic (exact) mass is 320 g/mol. The van der Waals surface area contributed by atoms with Gasteiger partial charge in [0.1, 0.15) is 0 Å². The van der Waals surface area contributed by atoms with Crippen molar-refractivity contribution in [3.8, 4) is 5.75 Å². The lowest BCUT2D eigenvalue weighted by Crippen LogP contribution is -2.18. The molecule has 3 N–H and O–H groups in total. The summed E-state index contributed by atoms with van der Waals surface area (Å²) in [5, 5.41) is 21.8. The number of halogens is 1. The highest BCUT2D eigenvalue weighted by Gasteiger charge is 2.20. The van der Waals surface area contributed by atoms with Crippen LogP contribution in [-0.4, -0.2) is 16.1 Å². The van der Waals surface area contributed by atoms with Crippen LogP contribution in [0.3, 0.4) is 0 Å². The summed E-state index contributed by atoms with van der Waals surface area (Å²) in [7, 11) is 0. The van der Waals surface area contributed by atoms with Crippen LogP contribution in [-0.2, 0) is 12.8 Å². The fourth-order valence-corrected chi connectivity index (χ4v) is 2.55. The van der Waals surface area contributed by atoms with E-state index in [1.54, 1.807) is 19.1 Å². The highest BCUT2D eigenvalue weighted by Crippen LogP contribution is 2.33. The molecule has 0 saturated heterocycles. The van der Waals surface area contributed by atoms with Crippen molar-refractivity contribution in [2.45, 2.75) is 25.8 Å². The van der Waals surface area contributed by atoms with Crippen molar-refractivity contribution < 1.29 is 10.0 Å². The third-order valence-corrected chi connectivity index (χ3v) is 3.69. The Labute approximate surface area is 133 Å². The molecule has 5 nitrogen and oxygen atoms in total. The molecule has 0 aliphatic rings. The van der Waals surface area contributed by atoms with Crippen LogP contribution in [0.5, 0.6) is 5.75 Å². The normalized spacial score (nSPS) is 12.1. The van der Waals surface area contributed by atoms with Gasteiger partial charge in [-0.15, -0.1) is 0 Å². The van der Waals surface area contributed by atoms with Gasteiger partial charge in [-0.1, -0.05) is 35.9 Å². The van der Waals surface area contributed by atoms with Gasteiger partial charge in [0.15, 0.2) is 5.75 Å². The summed E-state index contributed by atoms with van der Waals surface area (Å²) < 4.78 is 0. The Balaban J connectivity index is 2.45. The maximum Gasteiger partial charge on any atom is 0.311 e. The number of nitro groups is 1. The molecule has 0 bridgehead atoms. The molecule has 1 unspecified atom stereocenters. The lowest BCUT2D eigenvalue weighted by Gasteiger charge is -2.11. The van der Waals surface area contributed by atoms with E-state index in [0.717, 1.165) is 5.56 Å². The average Bonchev–Trinajstić information content (AvgIpc) is 2.43. The molecule has 0 radical (unpaired) electrons. The lowest BCUT2D eigenvalue weighted by atomic mass is 9.98. The molecule has 2 rings (SSSR count). The highest BCUT2D eigenvalue weighted by atomic mass is 35.5. The standard InChI is InChI=1S/C16H17ClN2O3/c1-10(18)6-13-8-11(9-15(16(13)20)19(21)22)7-12-4-2-3-5-14(12)17/h2-5,8-10,20H,6-7,18H2,1H3. The number of rotatable bonds is 5. The number of nitrogens with two attached hydrogens (primary N) is 1. The topological polar surface area (TPSA) is 89.4 Å². The van der Waals surface area contributed by atoms with Crippen molar-refractivity contribution in [3.63, 3.8) is 0 Å². The number of aromatic hydroxyl groups is 1. The van der Waals surface area contributed by atoms with Crippen LogP contribution in [0.1, 0.15) is 23.6 Å². The number of nitrogens with zero attached hydrogens (tertiary/aromatic N) is 1. The van der Waals surface area contributed by atoms with Gasteiger partial charge in [-0.2, -0.15) is 0 Å². The lowest BCUT2D eigenvalue weighted by molar-refractivity contribution is -0.386. The van der Waals surface area contributed by atoms with Crippen LogP contribution >= 0.6 is 11.6 Å². The van der Waals surface area contributed by atoms with Gasteiger partial charge in [0.2, 0.25) is 0 Å². The molecule has 0 aliphatic carbocycles. The molecule has 0 aliphatic heterocycles. The maximum absolute atomic E-state index is 11.1. The van der Waals surface area contributed by atoms with Crippen molar-refractivity contribution in [2.24, 2.45) is 5.73 Å². The van der Waals surface area contributed by atoms with Gasteiger partial charge in [0.25, 0.3) is 0 Å². The first kappa shape index (κ1) is 16.3. The van der Waals surface area contributed by atoms with Crippen molar-refractivity contribution in [3.05, 3.63) is 68.2 Å². The second-order valence-electron chi connectivity index (χ2n) is 5.33. The quantitative estimate of drug-likeness (QED) is 0.652. The summed E-state index contributed by atoms with van der Waals surface area (Å²) in [6.45, 7) is 1.78. The molecule has 2 aromatic carbocycles. The van der Waals surface area contributed by atoms with Crippen LogP contribution in [0.4, 0.5) is 5.69 Å². The van der Waals surface area contributed by atoms with Gasteiger partial charge in [0, 0.05) is 22.7 Å². The summed E-state index contributed by atoms with van der Waals surface area (Å²) in [4.78, 5) is 10.5. The molecule has 22 heavy (non-hydrogen) atoms. The number of phenols is 1. The minimum atomic E-state index is -0.587. The number of hydrogen-bond acceptors (Lipinski definition) is 4. The first-order valence-corrected chi connectivity index (χ1v) is 7.24. The highest BCUT2D eigenvalue weighted by molar-refractivity contribution is 6.31. The second kappa shape index (κ2) is 6.77. The zero-order chi connectivity index (χ0) is 16.3. The first-order chi connectivity index (χ1) is 10.4. The van der Waals surface area contributed by atoms with Crippen LogP contribution in [0, 0.1) is 10.1 Å². The molecule has 0 amide bonds. The van der Waals surface area contributed by atoms with Gasteiger partial charge < -0.3 is 10.8 Å². The van der Waals surface area contributed by atoms with E-state index in [1.165, 1.54) is 6.07 Å². The predicted octanol–water partition coefficient (Wildman–Crippen LogP) is 3.43. The van der Waals surface area contributed by atoms with Gasteiger partial charge in [0.05, 0.1) is 4.92 Å². The summed E-state index contributed by atoms with van der Waals surface area (Å²) in [6.07, 6.45) is 0.815. The van der Waals surface area contributed by atoms with E-state index in [1.807, 2.05) is 18.2 Å². The molecule has 116 valence electrons. The summed E-state index contributed by atoms with van der Waals surface area (Å²) in [6, 6.07) is 10.2. The van der Waals surface area contributed by atoms with Crippen molar-refractivity contribution in [1.82, 2.24) is 0 Å². The molecule has 6 heteroatoms. The van der Waals surface area contributed by atoms with Gasteiger partial charge in [-0.05, 0) is 37.0 Å². The van der Waals surface area contributed by atoms with E-state index in [2.05, 4.69) is 0 Å². The van der Waals surface area contributed by atoms with Crippen LogP contribution in [0.15, 0.2) is 36.4 Å². The number of nitro benzene ring substituents is 1. The Morgan fingerprint density at radius 1 is 1.32 bits per heavy atom. The molecule has 0 aromatic heterocycles. The largest absolute Gasteiger partial charge is 0.502 e. The first-order valence-electron chi connectivity index (χ1n) is 6.86. The Morgan fingerprint density at radius 3 is 2.59 bits per heavy atom. The van der Waals surface area contributed by atoms with E-state index < -0.39 is 4.92 Å². The Bertz CT molecular complexity index is 702. The zero-order valence-electron chi connectivity index (χ0n) is 12.1. The van der Waals surface area contributed by atoms with E-state index in [0.29, 0.717) is 29.0 Å². The summed E-state index contributed by atoms with van der Waals surface area (Å²) in [5.74, 6) is -0.315. The number of hydrogen-bond donors (Lipinski definition) is 2. The molecular weight excluding hydrogens is 304 g/mol. The second-order valence-corrected chi connectivity index (χ2v) is 5.74. The molecule has 1 atom stereocenters. The average molecular weight is 321 g/mol. The van der Waals surface area contributed by atoms with E-state index in [4.69, 9.17) is 17.3 Å². The number of benzene rings is 2. The summed E-state index contributed by atoms with van der Waals surface area (Å²) in [5.41, 5.74) is 7.50. The molecule has 0 fully saturated rings. The molecule has 2 aromatic rings. The van der Waals surface area contributed by atoms with Crippen molar-refractivity contribution in [1.29, 1.82) is 0 Å². The third-order valence-electron chi connectivity index (χ3n) is 3.32. The predicted molar refractivity (Wildman–Crippen MR) is 86.4 cm³/mol. The fraction of sp³-hybridized carbons (Fsp3) is 0.250. The van der Waals surface area contributed by atoms with Gasteiger partial charge in [-0.3, -0.25) is 10.1 Å². The van der Waals surface area contributed by atoms with Crippen LogP contribution < -0.4 is 5.73 Å². The van der Waals surface area contributed by atoms with Crippen molar-refractivity contribution in [2.75, 3.05) is 0 Å². The fourth-order valence-electron chi connectivity index (χ4n) is 2.35. The minimum Gasteiger partial charge on any atom is -0.502 e. The zero-order valence-corrected chi connectivity index (χ0v) is 12.9. The smallest absolute Gasteiger partial charge is 0.311 e. The minimum absolute atomic E-state index is 0.207. The molecular formula is C16H17ClN2O3. The summed E-state index contributed by atoms with van der Waals surface area (Å²) >= 11 is 6.13. The Kier molecular flexibility index (Phi) is 5.00. The van der Waals surface area contributed by atoms with Crippen LogP contribution in [0.25, 0.3) is 0 Å². The molecule has 0 spiro atoms. The maximum atomic E-state index is 11.1. The molecule has 0 heterocycles. The third kappa shape index (κ3) is 3.75. The molecule has 0 saturated carbocycles. The van der Waals surface area contributed by atoms with Gasteiger partial charge >= 0.3 is 5.69 Å². The Hall–Kier alpha value is -2.11. The van der Waals surface area contributed by atoms with Crippen LogP contribution in [0.2, 0.25) is 5.02 Å².